The molecule has 1 N–H and O–H groups in total. The van der Waals surface area contributed by atoms with E-state index in [2.05, 4.69) is 5.32 Å². The fourth-order valence-electron chi connectivity index (χ4n) is 3.51. The van der Waals surface area contributed by atoms with Gasteiger partial charge >= 0.3 is 0 Å². The largest absolute Gasteiger partial charge is 0.357 e. The Balaban J connectivity index is 2.40. The molecule has 2 aromatic carbocycles. The zero-order valence-electron chi connectivity index (χ0n) is 19.7. The minimum atomic E-state index is -3.78. The van der Waals surface area contributed by atoms with Crippen LogP contribution in [0, 0.1) is 5.82 Å². The van der Waals surface area contributed by atoms with Crippen molar-refractivity contribution in [1.29, 1.82) is 0 Å². The van der Waals surface area contributed by atoms with Crippen LogP contribution in [0.1, 0.15) is 44.2 Å². The molecule has 0 aliphatic heterocycles. The molecule has 0 bridgehead atoms. The summed E-state index contributed by atoms with van der Waals surface area (Å²) in [6.07, 6.45) is 1.37. The molecule has 0 aliphatic rings. The van der Waals surface area contributed by atoms with E-state index in [1.807, 2.05) is 26.0 Å². The molecule has 2 rings (SSSR count). The molecule has 0 aromatic heterocycles. The molecule has 2 amide bonds. The van der Waals surface area contributed by atoms with Crippen LogP contribution in [0.2, 0.25) is 0 Å². The van der Waals surface area contributed by atoms with Gasteiger partial charge in [0, 0.05) is 13.6 Å². The van der Waals surface area contributed by atoms with Crippen LogP contribution in [-0.2, 0) is 26.2 Å². The summed E-state index contributed by atoms with van der Waals surface area (Å²) in [6.45, 7) is 5.40. The molecular weight excluding hydrogens is 445 g/mol. The maximum Gasteiger partial charge on any atom is 0.244 e. The van der Waals surface area contributed by atoms with Crippen molar-refractivity contribution in [3.05, 3.63) is 65.5 Å². The Hall–Kier alpha value is -2.94. The summed E-state index contributed by atoms with van der Waals surface area (Å²) in [5, 5.41) is 2.55. The predicted molar refractivity (Wildman–Crippen MR) is 128 cm³/mol. The highest BCUT2D eigenvalue weighted by atomic mass is 32.2. The average Bonchev–Trinajstić information content (AvgIpc) is 2.77. The molecule has 9 heteroatoms. The van der Waals surface area contributed by atoms with Gasteiger partial charge in [0.25, 0.3) is 0 Å². The Morgan fingerprint density at radius 3 is 2.06 bits per heavy atom. The van der Waals surface area contributed by atoms with Gasteiger partial charge in [0.05, 0.1) is 11.9 Å². The molecule has 0 saturated heterocycles. The lowest BCUT2D eigenvalue weighted by Crippen LogP contribution is -2.51. The first-order chi connectivity index (χ1) is 15.5. The topological polar surface area (TPSA) is 86.8 Å². The second-order valence-electron chi connectivity index (χ2n) is 8.20. The SMILES string of the molecule is CC[C@@H](C(=O)NC)N(Cc1ccc(F)cc1)C(=O)CN(c1ccc(C(C)C)cc1)S(C)(=O)=O. The van der Waals surface area contributed by atoms with Crippen LogP contribution in [0.4, 0.5) is 10.1 Å². The molecule has 0 unspecified atom stereocenters. The molecule has 7 nitrogen and oxygen atoms in total. The summed E-state index contributed by atoms with van der Waals surface area (Å²) < 4.78 is 39.5. The van der Waals surface area contributed by atoms with Crippen molar-refractivity contribution < 1.29 is 22.4 Å². The molecule has 0 aliphatic carbocycles. The van der Waals surface area contributed by atoms with E-state index in [9.17, 15) is 22.4 Å². The summed E-state index contributed by atoms with van der Waals surface area (Å²) in [6, 6.07) is 11.8. The van der Waals surface area contributed by atoms with Crippen molar-refractivity contribution in [1.82, 2.24) is 10.2 Å². The second-order valence-corrected chi connectivity index (χ2v) is 10.1. The van der Waals surface area contributed by atoms with Gasteiger partial charge < -0.3 is 10.2 Å². The number of nitrogens with one attached hydrogen (secondary N) is 1. The van der Waals surface area contributed by atoms with Gasteiger partial charge in [0.15, 0.2) is 0 Å². The van der Waals surface area contributed by atoms with E-state index in [1.54, 1.807) is 19.1 Å². The molecule has 0 spiro atoms. The summed E-state index contributed by atoms with van der Waals surface area (Å²) in [4.78, 5) is 27.2. The van der Waals surface area contributed by atoms with Crippen molar-refractivity contribution in [2.45, 2.75) is 45.7 Å². The summed E-state index contributed by atoms with van der Waals surface area (Å²) >= 11 is 0. The number of benzene rings is 2. The third kappa shape index (κ3) is 7.02. The van der Waals surface area contributed by atoms with Crippen molar-refractivity contribution in [2.75, 3.05) is 24.2 Å². The highest BCUT2D eigenvalue weighted by molar-refractivity contribution is 7.92. The fraction of sp³-hybridized carbons (Fsp3) is 0.417. The van der Waals surface area contributed by atoms with E-state index in [0.717, 1.165) is 16.1 Å². The average molecular weight is 478 g/mol. The number of likely N-dealkylation sites (N-methyl/N-ethyl adjacent to an activating group) is 1. The van der Waals surface area contributed by atoms with E-state index in [0.29, 0.717) is 17.7 Å². The van der Waals surface area contributed by atoms with Gasteiger partial charge in [0.1, 0.15) is 18.4 Å². The van der Waals surface area contributed by atoms with Gasteiger partial charge in [-0.1, -0.05) is 45.0 Å². The first-order valence-electron chi connectivity index (χ1n) is 10.8. The fourth-order valence-corrected chi connectivity index (χ4v) is 4.36. The van der Waals surface area contributed by atoms with Gasteiger partial charge in [-0.25, -0.2) is 12.8 Å². The van der Waals surface area contributed by atoms with E-state index in [1.165, 1.54) is 36.2 Å². The highest BCUT2D eigenvalue weighted by Gasteiger charge is 2.31. The molecule has 0 radical (unpaired) electrons. The van der Waals surface area contributed by atoms with Crippen LogP contribution < -0.4 is 9.62 Å². The third-order valence-electron chi connectivity index (χ3n) is 5.43. The van der Waals surface area contributed by atoms with Crippen LogP contribution in [0.25, 0.3) is 0 Å². The smallest absolute Gasteiger partial charge is 0.244 e. The van der Waals surface area contributed by atoms with E-state index in [4.69, 9.17) is 0 Å². The normalized spacial score (nSPS) is 12.3. The van der Waals surface area contributed by atoms with E-state index < -0.39 is 34.3 Å². The van der Waals surface area contributed by atoms with Crippen LogP contribution >= 0.6 is 0 Å². The zero-order valence-corrected chi connectivity index (χ0v) is 20.5. The number of amides is 2. The van der Waals surface area contributed by atoms with E-state index >= 15 is 0 Å². The van der Waals surface area contributed by atoms with Crippen molar-refractivity contribution >= 4 is 27.5 Å². The Kier molecular flexibility index (Phi) is 8.99. The second kappa shape index (κ2) is 11.3. The summed E-state index contributed by atoms with van der Waals surface area (Å²) in [5.74, 6) is -1.03. The van der Waals surface area contributed by atoms with Gasteiger partial charge in [-0.05, 0) is 47.7 Å². The Bertz CT molecular complexity index is 1050. The maximum absolute atomic E-state index is 13.4. The molecule has 33 heavy (non-hydrogen) atoms. The number of hydrogen-bond acceptors (Lipinski definition) is 4. The lowest BCUT2D eigenvalue weighted by molar-refractivity contribution is -0.140. The van der Waals surface area contributed by atoms with Crippen LogP contribution in [0.15, 0.2) is 48.5 Å². The van der Waals surface area contributed by atoms with Crippen molar-refractivity contribution in [2.24, 2.45) is 0 Å². The molecule has 0 fully saturated rings. The number of rotatable bonds is 10. The maximum atomic E-state index is 13.4. The molecular formula is C24H32FN3O4S. The summed E-state index contributed by atoms with van der Waals surface area (Å²) in [7, 11) is -2.30. The lowest BCUT2D eigenvalue weighted by atomic mass is 10.0. The van der Waals surface area contributed by atoms with Crippen LogP contribution in [0.5, 0.6) is 0 Å². The minimum absolute atomic E-state index is 0.0366. The number of hydrogen-bond donors (Lipinski definition) is 1. The van der Waals surface area contributed by atoms with Crippen LogP contribution in [0.3, 0.4) is 0 Å². The van der Waals surface area contributed by atoms with Crippen molar-refractivity contribution in [3.63, 3.8) is 0 Å². The first kappa shape index (κ1) is 26.3. The molecule has 1 atom stereocenters. The summed E-state index contributed by atoms with van der Waals surface area (Å²) in [5.41, 5.74) is 2.03. The molecule has 2 aromatic rings. The third-order valence-corrected chi connectivity index (χ3v) is 6.57. The van der Waals surface area contributed by atoms with Crippen molar-refractivity contribution in [3.8, 4) is 0 Å². The first-order valence-corrected chi connectivity index (χ1v) is 12.7. The predicted octanol–water partition coefficient (Wildman–Crippen LogP) is 3.27. The molecule has 0 heterocycles. The number of halogens is 1. The highest BCUT2D eigenvalue weighted by Crippen LogP contribution is 2.23. The van der Waals surface area contributed by atoms with Gasteiger partial charge in [-0.15, -0.1) is 0 Å². The number of anilines is 1. The Labute approximate surface area is 195 Å². The van der Waals surface area contributed by atoms with Gasteiger partial charge in [-0.3, -0.25) is 13.9 Å². The van der Waals surface area contributed by atoms with Gasteiger partial charge in [-0.2, -0.15) is 0 Å². The Morgan fingerprint density at radius 1 is 1.03 bits per heavy atom. The Morgan fingerprint density at radius 2 is 1.61 bits per heavy atom. The number of nitrogens with zero attached hydrogens (tertiary/aromatic N) is 2. The van der Waals surface area contributed by atoms with Crippen LogP contribution in [-0.4, -0.2) is 51.0 Å². The molecule has 0 saturated carbocycles. The monoisotopic (exact) mass is 477 g/mol. The van der Waals surface area contributed by atoms with Gasteiger partial charge in [0.2, 0.25) is 21.8 Å². The number of carbonyl (C=O) groups excluding carboxylic acids is 2. The number of carbonyl (C=O) groups is 2. The quantitative estimate of drug-likeness (QED) is 0.569. The zero-order chi connectivity index (χ0) is 24.8. The number of sulfonamides is 1. The van der Waals surface area contributed by atoms with E-state index in [-0.39, 0.29) is 18.4 Å². The molecule has 180 valence electrons. The lowest BCUT2D eigenvalue weighted by Gasteiger charge is -2.32. The minimum Gasteiger partial charge on any atom is -0.357 e. The standard InChI is InChI=1S/C24H32FN3O4S/c1-6-22(24(30)26-4)27(15-18-7-11-20(25)12-8-18)23(29)16-28(33(5,31)32)21-13-9-19(10-14-21)17(2)3/h7-14,17,22H,6,15-16H2,1-5H3,(H,26,30)/t22-/m0/s1.